The van der Waals surface area contributed by atoms with Gasteiger partial charge in [0.25, 0.3) is 40.1 Å². The monoisotopic (exact) mass is 1610 g/mol. The predicted octanol–water partition coefficient (Wildman–Crippen LogP) is 18.5. The second-order valence-corrected chi connectivity index (χ2v) is 30.7. The molecule has 0 radical (unpaired) electrons. The maximum absolute atomic E-state index is 13.6. The van der Waals surface area contributed by atoms with Gasteiger partial charge in [-0.05, 0) is 156 Å². The van der Waals surface area contributed by atoms with Gasteiger partial charge in [0.05, 0.1) is 125 Å². The van der Waals surface area contributed by atoms with E-state index in [1.165, 1.54) is 22.5 Å². The summed E-state index contributed by atoms with van der Waals surface area (Å²) >= 11 is 0. The lowest BCUT2D eigenvalue weighted by atomic mass is 10.1. The first-order valence-electron chi connectivity index (χ1n) is 33.2. The van der Waals surface area contributed by atoms with Crippen LogP contribution < -0.4 is 60.4 Å². The summed E-state index contributed by atoms with van der Waals surface area (Å²) in [6, 6.07) is 73.5. The molecule has 16 rings (SSSR count). The summed E-state index contributed by atoms with van der Waals surface area (Å²) in [5.41, 5.74) is 13.3. The molecule has 0 atom stereocenters. The van der Waals surface area contributed by atoms with Crippen molar-refractivity contribution in [2.45, 2.75) is 45.8 Å². The number of benzene rings is 11. The first kappa shape index (κ1) is 81.4. The van der Waals surface area contributed by atoms with Crippen LogP contribution in [0.2, 0.25) is 0 Å². The Morgan fingerprint density at radius 1 is 0.402 bits per heavy atom. The number of nitro benzene ring substituents is 1. The number of fused-ring (bicyclic) bond motifs is 8. The Labute approximate surface area is 639 Å². The second kappa shape index (κ2) is 36.9. The van der Waals surface area contributed by atoms with E-state index in [4.69, 9.17) is 23.0 Å². The van der Waals surface area contributed by atoms with Crippen LogP contribution in [0, 0.1) is 21.9 Å². The average Bonchev–Trinajstić information content (AvgIpc) is 1.49. The van der Waals surface area contributed by atoms with Crippen LogP contribution in [0.25, 0.3) is 0 Å². The molecule has 11 aromatic carbocycles. The number of nitrogens with zero attached hydrogens (tertiary/aromatic N) is 3. The standard InChI is InChI=1S/C20H19N3O3S.C19H15FN4O4S.C19H16N2O2S.C18H15FN4O2S.CH3F.2F2/c1-26-15-9-11-16(12-10-15)27(24,25)23-19-8-4-5-14-13-21-17-6-2-3-7-18(17)22-20(14)19;20-14-9-8-13(10-18(14)24(25)26)29(27,28)23-17-7-3-4-12-11-21-15-5-1-2-6-16(15)22-19(12)17;22-24(23,16-9-2-1-3-10-16)21-18-12-6-4-8-15(18)14-20-17-11-5-7-13-19(17)21;19-17-9-8-13(11-21-17)26(24,25)23-16-7-3-4-12-10-20-14-5-1-2-6-15(14)22-18(12)16;3*1-2/h2-12,21-23H,13H2,1H3;1-10,21-23H,11H2;1-13,20H,14H2;1-9,11,20,22-23H,10H2;1H3;;. The van der Waals surface area contributed by atoms with Crippen molar-refractivity contribution in [2.24, 2.45) is 0 Å². The third-order valence-electron chi connectivity index (χ3n) is 17.0. The molecule has 4 aliphatic rings. The van der Waals surface area contributed by atoms with E-state index in [0.717, 1.165) is 92.1 Å². The van der Waals surface area contributed by atoms with Gasteiger partial charge < -0.3 is 42.0 Å². The Balaban J connectivity index is 0.000000155. The number of hydrogen-bond donors (Lipinski definition) is 10. The number of halogens is 7. The molecule has 0 saturated carbocycles. The largest absolute Gasteiger partial charge is 0.497 e. The lowest BCUT2D eigenvalue weighted by molar-refractivity contribution is -0.387. The van der Waals surface area contributed by atoms with Crippen LogP contribution in [0.5, 0.6) is 5.75 Å². The summed E-state index contributed by atoms with van der Waals surface area (Å²) in [5.74, 6) is -1.24. The Hall–Kier alpha value is -13.1. The van der Waals surface area contributed by atoms with Crippen molar-refractivity contribution in [2.75, 3.05) is 70.0 Å². The van der Waals surface area contributed by atoms with E-state index >= 15 is 0 Å². The quantitative estimate of drug-likeness (QED) is 0.0222. The molecule has 10 N–H and O–H groups in total. The molecule has 0 unspecified atom stereocenters. The molecule has 5 heterocycles. The zero-order valence-electron chi connectivity index (χ0n) is 58.8. The molecule has 112 heavy (non-hydrogen) atoms. The molecule has 0 bridgehead atoms. The highest BCUT2D eigenvalue weighted by atomic mass is 32.2. The minimum atomic E-state index is -4.19. The van der Waals surface area contributed by atoms with E-state index in [2.05, 4.69) is 56.4 Å². The highest BCUT2D eigenvalue weighted by Crippen LogP contribution is 2.44. The van der Waals surface area contributed by atoms with Crippen LogP contribution in [0.15, 0.2) is 287 Å². The normalized spacial score (nSPS) is 12.3. The molecule has 580 valence electrons. The van der Waals surface area contributed by atoms with Crippen molar-refractivity contribution in [1.29, 1.82) is 0 Å². The van der Waals surface area contributed by atoms with Crippen molar-refractivity contribution in [1.82, 2.24) is 4.98 Å². The summed E-state index contributed by atoms with van der Waals surface area (Å²) in [6.45, 7) is 2.19. The molecule has 4 aliphatic heterocycles. The number of pyridine rings is 1. The second-order valence-electron chi connectivity index (χ2n) is 23.9. The highest BCUT2D eigenvalue weighted by Gasteiger charge is 2.32. The number of sulfonamides is 4. The van der Waals surface area contributed by atoms with Crippen molar-refractivity contribution in [3.63, 3.8) is 0 Å². The summed E-state index contributed by atoms with van der Waals surface area (Å²) < 4.78 is 185. The Kier molecular flexibility index (Phi) is 26.8. The van der Waals surface area contributed by atoms with Gasteiger partial charge in [-0.15, -0.1) is 0 Å². The summed E-state index contributed by atoms with van der Waals surface area (Å²) in [7, 11) is -13.5. The van der Waals surface area contributed by atoms with Crippen LogP contribution in [-0.4, -0.2) is 57.9 Å². The van der Waals surface area contributed by atoms with Gasteiger partial charge in [-0.25, -0.2) is 43.0 Å². The van der Waals surface area contributed by atoms with Crippen molar-refractivity contribution >= 4 is 131 Å². The van der Waals surface area contributed by atoms with Crippen molar-refractivity contribution < 1.29 is 74.8 Å². The van der Waals surface area contributed by atoms with Gasteiger partial charge in [0, 0.05) is 50.5 Å². The first-order chi connectivity index (χ1) is 54.1. The maximum atomic E-state index is 13.6. The average molecular weight is 1610 g/mol. The van der Waals surface area contributed by atoms with Crippen molar-refractivity contribution in [3.05, 3.63) is 311 Å². The predicted molar refractivity (Wildman–Crippen MR) is 421 cm³/mol. The lowest BCUT2D eigenvalue weighted by Gasteiger charge is -2.25. The van der Waals surface area contributed by atoms with Gasteiger partial charge in [0.1, 0.15) is 10.6 Å². The van der Waals surface area contributed by atoms with Crippen molar-refractivity contribution in [3.8, 4) is 5.75 Å². The Bertz CT molecular complexity index is 5760. The zero-order chi connectivity index (χ0) is 80.2. The topological polar surface area (TPSA) is 325 Å². The molecule has 35 heteroatoms. The summed E-state index contributed by atoms with van der Waals surface area (Å²) in [6.07, 6.45) is 0.990. The summed E-state index contributed by atoms with van der Waals surface area (Å²) in [4.78, 5) is 13.3. The van der Waals surface area contributed by atoms with Crippen LogP contribution in [0.3, 0.4) is 0 Å². The number of nitrogens with one attached hydrogen (secondary N) is 10. The van der Waals surface area contributed by atoms with Gasteiger partial charge in [0.15, 0.2) is 0 Å². The number of hydrogen-bond acceptors (Lipinski definition) is 19. The van der Waals surface area contributed by atoms with Crippen LogP contribution in [0.4, 0.5) is 122 Å². The number of ether oxygens (including phenoxy) is 1. The molecule has 0 saturated heterocycles. The number of nitro groups is 1. The van der Waals surface area contributed by atoms with Crippen LogP contribution in [0.1, 0.15) is 22.3 Å². The number of rotatable bonds is 13. The Morgan fingerprint density at radius 2 is 0.768 bits per heavy atom. The molecule has 24 nitrogen and oxygen atoms in total. The first-order valence-corrected chi connectivity index (χ1v) is 39.1. The zero-order valence-corrected chi connectivity index (χ0v) is 62.1. The molecular weight excluding hydrogens is 1540 g/mol. The number of para-hydroxylation sites is 12. The fraction of sp³-hybridized carbons (Fsp3) is 0.0779. The Morgan fingerprint density at radius 3 is 1.21 bits per heavy atom. The number of aromatic nitrogens is 1. The molecule has 0 aliphatic carbocycles. The van der Waals surface area contributed by atoms with Gasteiger partial charge in [-0.2, -0.15) is 8.78 Å². The van der Waals surface area contributed by atoms with E-state index in [1.54, 1.807) is 73.8 Å². The SMILES string of the molecule is CF.COc1ccc(S(=O)(=O)Nc2cccc3c2Nc2ccccc2NC3)cc1.FF.FF.O=S(=O)(Nc1cccc2c1Nc1ccccc1NC2)c1ccc(F)nc1.O=S(=O)(c1ccccc1)N1c2ccccc2CNc2ccccc21.O=[N+]([O-])c1cc(S(=O)(=O)Nc2cccc3c2Nc2ccccc2NC3)ccc1F. The van der Waals surface area contributed by atoms with E-state index in [0.29, 0.717) is 79.3 Å². The minimum absolute atomic E-state index is 0.108. The van der Waals surface area contributed by atoms with Crippen LogP contribution in [-0.2, 0) is 66.3 Å². The minimum Gasteiger partial charge on any atom is -0.497 e. The smallest absolute Gasteiger partial charge is 0.306 e. The third kappa shape index (κ3) is 19.1. The van der Waals surface area contributed by atoms with Gasteiger partial charge in [0.2, 0.25) is 11.8 Å². The van der Waals surface area contributed by atoms with E-state index in [9.17, 15) is 57.0 Å². The molecule has 12 aromatic rings. The molecule has 0 fully saturated rings. The molecule has 0 amide bonds. The van der Waals surface area contributed by atoms with E-state index < -0.39 is 67.4 Å². The molecular formula is C77H68F7N13O11S4. The van der Waals surface area contributed by atoms with E-state index in [-0.39, 0.29) is 20.4 Å². The number of methoxy groups -OCH3 is 1. The lowest BCUT2D eigenvalue weighted by Crippen LogP contribution is -2.26. The third-order valence-corrected chi connectivity index (χ3v) is 22.9. The molecule has 0 spiro atoms. The summed E-state index contributed by atoms with van der Waals surface area (Å²) in [5, 5.41) is 34.1. The molecule has 1 aromatic heterocycles. The van der Waals surface area contributed by atoms with Crippen LogP contribution >= 0.6 is 0 Å². The number of alkyl halides is 1. The van der Waals surface area contributed by atoms with Gasteiger partial charge >= 0.3 is 5.69 Å². The maximum Gasteiger partial charge on any atom is 0.306 e. The van der Waals surface area contributed by atoms with E-state index in [1.807, 2.05) is 152 Å². The fourth-order valence-electron chi connectivity index (χ4n) is 11.8. The fourth-order valence-corrected chi connectivity index (χ4v) is 16.5. The van der Waals surface area contributed by atoms with Gasteiger partial charge in [-0.1, -0.05) is 121 Å². The highest BCUT2D eigenvalue weighted by molar-refractivity contribution is 7.93. The van der Waals surface area contributed by atoms with Gasteiger partial charge in [-0.3, -0.25) is 28.7 Å². The number of anilines is 15.